The van der Waals surface area contributed by atoms with E-state index in [-0.39, 0.29) is 11.9 Å². The molecular formula is C18H20N4O3. The van der Waals surface area contributed by atoms with E-state index in [0.717, 1.165) is 31.4 Å². The highest BCUT2D eigenvalue weighted by Gasteiger charge is 2.47. The molecule has 0 bridgehead atoms. The molecule has 1 aromatic heterocycles. The van der Waals surface area contributed by atoms with Gasteiger partial charge < -0.3 is 10.0 Å². The summed E-state index contributed by atoms with van der Waals surface area (Å²) >= 11 is 0. The molecule has 2 fully saturated rings. The van der Waals surface area contributed by atoms with Crippen molar-refractivity contribution in [3.63, 3.8) is 0 Å². The first kappa shape index (κ1) is 15.8. The number of carboxylic acid groups (broad SMARTS) is 1. The number of nitrogens with zero attached hydrogens (tertiary/aromatic N) is 4. The van der Waals surface area contributed by atoms with Crippen LogP contribution in [0.4, 0.5) is 0 Å². The van der Waals surface area contributed by atoms with Crippen LogP contribution in [0.2, 0.25) is 0 Å². The number of carbonyl (C=O) groups is 2. The summed E-state index contributed by atoms with van der Waals surface area (Å²) in [4.78, 5) is 30.3. The van der Waals surface area contributed by atoms with E-state index in [1.54, 1.807) is 40.2 Å². The van der Waals surface area contributed by atoms with E-state index in [1.165, 1.54) is 6.33 Å². The number of benzene rings is 1. The first-order valence-corrected chi connectivity index (χ1v) is 8.65. The van der Waals surface area contributed by atoms with Gasteiger partial charge in [0.25, 0.3) is 5.91 Å². The second-order valence-electron chi connectivity index (χ2n) is 6.80. The number of likely N-dealkylation sites (tertiary alicyclic amines) is 1. The Hall–Kier alpha value is -2.70. The van der Waals surface area contributed by atoms with Crippen LogP contribution < -0.4 is 0 Å². The molecule has 2 aliphatic rings. The third-order valence-corrected chi connectivity index (χ3v) is 5.41. The molecule has 2 aromatic rings. The van der Waals surface area contributed by atoms with Crippen LogP contribution in [0, 0.1) is 5.92 Å². The fourth-order valence-corrected chi connectivity index (χ4v) is 4.22. The highest BCUT2D eigenvalue weighted by atomic mass is 16.4. The topological polar surface area (TPSA) is 88.3 Å². The second-order valence-corrected chi connectivity index (χ2v) is 6.80. The van der Waals surface area contributed by atoms with Crippen molar-refractivity contribution in [3.05, 3.63) is 42.5 Å². The molecule has 7 heteroatoms. The van der Waals surface area contributed by atoms with E-state index in [2.05, 4.69) is 10.1 Å². The number of carbonyl (C=O) groups excluding carboxylic acids is 1. The Morgan fingerprint density at radius 3 is 2.56 bits per heavy atom. The highest BCUT2D eigenvalue weighted by molar-refractivity contribution is 5.97. The molecule has 0 radical (unpaired) electrons. The Kier molecular flexibility index (Phi) is 3.99. The molecular weight excluding hydrogens is 320 g/mol. The van der Waals surface area contributed by atoms with E-state index >= 15 is 0 Å². The van der Waals surface area contributed by atoms with Gasteiger partial charge in [0.15, 0.2) is 0 Å². The van der Waals surface area contributed by atoms with Gasteiger partial charge in [0.1, 0.15) is 18.7 Å². The van der Waals surface area contributed by atoms with Crippen LogP contribution in [-0.2, 0) is 4.79 Å². The van der Waals surface area contributed by atoms with Crippen molar-refractivity contribution in [2.24, 2.45) is 5.92 Å². The van der Waals surface area contributed by atoms with Gasteiger partial charge in [-0.25, -0.2) is 14.5 Å². The molecule has 1 aromatic carbocycles. The van der Waals surface area contributed by atoms with Crippen molar-refractivity contribution in [2.45, 2.75) is 44.2 Å². The number of carboxylic acids is 1. The van der Waals surface area contributed by atoms with Gasteiger partial charge in [-0.3, -0.25) is 4.79 Å². The van der Waals surface area contributed by atoms with Crippen LogP contribution in [0.15, 0.2) is 36.9 Å². The van der Waals surface area contributed by atoms with Gasteiger partial charge in [-0.05, 0) is 49.4 Å². The fourth-order valence-electron chi connectivity index (χ4n) is 4.22. The summed E-state index contributed by atoms with van der Waals surface area (Å²) < 4.78 is 1.61. The van der Waals surface area contributed by atoms with Gasteiger partial charge >= 0.3 is 5.97 Å². The van der Waals surface area contributed by atoms with Gasteiger partial charge in [0.05, 0.1) is 5.69 Å². The molecule has 1 saturated heterocycles. The third kappa shape index (κ3) is 2.79. The first-order valence-electron chi connectivity index (χ1n) is 8.65. The Labute approximate surface area is 145 Å². The molecule has 7 nitrogen and oxygen atoms in total. The zero-order valence-corrected chi connectivity index (χ0v) is 13.8. The summed E-state index contributed by atoms with van der Waals surface area (Å²) in [6, 6.07) is 6.40. The maximum absolute atomic E-state index is 13.0. The average molecular weight is 340 g/mol. The molecule has 0 spiro atoms. The summed E-state index contributed by atoms with van der Waals surface area (Å²) in [7, 11) is 0. The highest BCUT2D eigenvalue weighted by Crippen LogP contribution is 2.40. The molecule has 1 saturated carbocycles. The van der Waals surface area contributed by atoms with E-state index in [1.807, 2.05) is 0 Å². The van der Waals surface area contributed by atoms with Gasteiger partial charge in [0, 0.05) is 11.6 Å². The van der Waals surface area contributed by atoms with Crippen LogP contribution in [-0.4, -0.2) is 48.7 Å². The fraction of sp³-hybridized carbons (Fsp3) is 0.444. The summed E-state index contributed by atoms with van der Waals surface area (Å²) in [5.74, 6) is -0.776. The number of aromatic nitrogens is 3. The number of fused-ring (bicyclic) bond motifs is 1. The summed E-state index contributed by atoms with van der Waals surface area (Å²) in [6.45, 7) is 0. The number of rotatable bonds is 3. The van der Waals surface area contributed by atoms with E-state index in [0.29, 0.717) is 17.9 Å². The normalized spacial score (nSPS) is 25.6. The van der Waals surface area contributed by atoms with Crippen LogP contribution in [0.25, 0.3) is 5.69 Å². The predicted molar refractivity (Wildman–Crippen MR) is 89.3 cm³/mol. The van der Waals surface area contributed by atoms with E-state index in [9.17, 15) is 14.7 Å². The molecule has 1 amide bonds. The molecule has 4 rings (SSSR count). The molecule has 0 unspecified atom stereocenters. The lowest BCUT2D eigenvalue weighted by molar-refractivity contribution is -0.141. The van der Waals surface area contributed by atoms with Crippen LogP contribution in [0.5, 0.6) is 0 Å². The minimum atomic E-state index is -0.901. The molecule has 2 heterocycles. The smallest absolute Gasteiger partial charge is 0.326 e. The maximum Gasteiger partial charge on any atom is 0.326 e. The van der Waals surface area contributed by atoms with Crippen molar-refractivity contribution in [2.75, 3.05) is 0 Å². The lowest BCUT2D eigenvalue weighted by atomic mass is 9.84. The minimum absolute atomic E-state index is 0.0531. The predicted octanol–water partition coefficient (Wildman–Crippen LogP) is 2.13. The van der Waals surface area contributed by atoms with Crippen molar-refractivity contribution in [1.29, 1.82) is 0 Å². The zero-order chi connectivity index (χ0) is 17.4. The van der Waals surface area contributed by atoms with Gasteiger partial charge in [-0.2, -0.15) is 5.10 Å². The van der Waals surface area contributed by atoms with Crippen molar-refractivity contribution in [3.8, 4) is 5.69 Å². The largest absolute Gasteiger partial charge is 0.480 e. The Morgan fingerprint density at radius 2 is 1.88 bits per heavy atom. The molecule has 25 heavy (non-hydrogen) atoms. The molecule has 1 aliphatic heterocycles. The Bertz CT molecular complexity index is 772. The standard InChI is InChI=1S/C18H20N4O3/c23-17(12-5-7-14(8-6-12)21-11-19-10-20-21)22-15-4-2-1-3-13(15)9-16(22)18(24)25/h5-8,10-11,13,15-16H,1-4,9H2,(H,24,25)/t13-,15+,16+/m1/s1. The Balaban J connectivity index is 1.61. The van der Waals surface area contributed by atoms with E-state index < -0.39 is 12.0 Å². The summed E-state index contributed by atoms with van der Waals surface area (Å²) in [5, 5.41) is 13.6. The Morgan fingerprint density at radius 1 is 1.12 bits per heavy atom. The molecule has 1 N–H and O–H groups in total. The first-order chi connectivity index (χ1) is 12.1. The molecule has 130 valence electrons. The molecule has 1 aliphatic carbocycles. The SMILES string of the molecule is O=C(O)[C@@H]1C[C@H]2CCCC[C@@H]2N1C(=O)c1ccc(-n2cncn2)cc1. The number of amides is 1. The summed E-state index contributed by atoms with van der Waals surface area (Å²) in [6.07, 6.45) is 7.71. The van der Waals surface area contributed by atoms with Crippen molar-refractivity contribution >= 4 is 11.9 Å². The molecule has 3 atom stereocenters. The minimum Gasteiger partial charge on any atom is -0.480 e. The quantitative estimate of drug-likeness (QED) is 0.924. The average Bonchev–Trinajstić information content (AvgIpc) is 3.29. The van der Waals surface area contributed by atoms with Crippen LogP contribution in [0.3, 0.4) is 0 Å². The van der Waals surface area contributed by atoms with Gasteiger partial charge in [-0.15, -0.1) is 0 Å². The van der Waals surface area contributed by atoms with Crippen LogP contribution >= 0.6 is 0 Å². The van der Waals surface area contributed by atoms with Gasteiger partial charge in [0.2, 0.25) is 0 Å². The maximum atomic E-state index is 13.0. The summed E-state index contributed by atoms with van der Waals surface area (Å²) in [5.41, 5.74) is 1.32. The number of hydrogen-bond acceptors (Lipinski definition) is 4. The lowest BCUT2D eigenvalue weighted by Crippen LogP contribution is -2.46. The number of aliphatic carboxylic acids is 1. The van der Waals surface area contributed by atoms with Crippen molar-refractivity contribution in [1.82, 2.24) is 19.7 Å². The monoisotopic (exact) mass is 340 g/mol. The zero-order valence-electron chi connectivity index (χ0n) is 13.8. The second kappa shape index (κ2) is 6.31. The van der Waals surface area contributed by atoms with E-state index in [4.69, 9.17) is 0 Å². The van der Waals surface area contributed by atoms with Crippen molar-refractivity contribution < 1.29 is 14.7 Å². The number of hydrogen-bond donors (Lipinski definition) is 1. The van der Waals surface area contributed by atoms with Crippen LogP contribution in [0.1, 0.15) is 42.5 Å². The van der Waals surface area contributed by atoms with Gasteiger partial charge in [-0.1, -0.05) is 12.8 Å². The third-order valence-electron chi connectivity index (χ3n) is 5.41. The lowest BCUT2D eigenvalue weighted by Gasteiger charge is -2.33.